The van der Waals surface area contributed by atoms with E-state index < -0.39 is 17.7 Å². The third-order valence-electron chi connectivity index (χ3n) is 5.39. The fourth-order valence-electron chi connectivity index (χ4n) is 3.80. The third-order valence-corrected chi connectivity index (χ3v) is 5.64. The third kappa shape index (κ3) is 4.74. The molecule has 1 unspecified atom stereocenters. The van der Waals surface area contributed by atoms with Gasteiger partial charge in [0.25, 0.3) is 11.7 Å². The van der Waals surface area contributed by atoms with E-state index in [4.69, 9.17) is 21.1 Å². The number of hydrogen-bond acceptors (Lipinski definition) is 6. The molecule has 0 radical (unpaired) electrons. The maximum atomic E-state index is 13.1. The number of ether oxygens (including phenoxy) is 2. The van der Waals surface area contributed by atoms with Crippen molar-refractivity contribution in [3.8, 4) is 11.5 Å². The molecule has 2 aromatic rings. The Morgan fingerprint density at radius 2 is 1.72 bits per heavy atom. The molecule has 0 saturated carbocycles. The van der Waals surface area contributed by atoms with Gasteiger partial charge in [0.05, 0.1) is 25.8 Å². The van der Waals surface area contributed by atoms with Crippen molar-refractivity contribution in [3.05, 3.63) is 64.2 Å². The van der Waals surface area contributed by atoms with Gasteiger partial charge in [-0.25, -0.2) is 0 Å². The van der Waals surface area contributed by atoms with Crippen molar-refractivity contribution in [1.29, 1.82) is 0 Å². The molecule has 0 bridgehead atoms. The highest BCUT2D eigenvalue weighted by Gasteiger charge is 2.45. The Balaban J connectivity index is 2.11. The van der Waals surface area contributed by atoms with Gasteiger partial charge in [0.15, 0.2) is 11.5 Å². The smallest absolute Gasteiger partial charge is 0.295 e. The second-order valence-electron chi connectivity index (χ2n) is 7.77. The number of carbonyl (C=O) groups is 2. The summed E-state index contributed by atoms with van der Waals surface area (Å²) in [5.41, 5.74) is 1.09. The lowest BCUT2D eigenvalue weighted by Gasteiger charge is -2.26. The molecule has 7 nitrogen and oxygen atoms in total. The lowest BCUT2D eigenvalue weighted by atomic mass is 9.95. The van der Waals surface area contributed by atoms with Crippen LogP contribution in [0.2, 0.25) is 5.02 Å². The van der Waals surface area contributed by atoms with Gasteiger partial charge in [0.2, 0.25) is 0 Å². The summed E-state index contributed by atoms with van der Waals surface area (Å²) in [6.07, 6.45) is 0.681. The van der Waals surface area contributed by atoms with Crippen molar-refractivity contribution in [2.45, 2.75) is 12.5 Å². The summed E-state index contributed by atoms with van der Waals surface area (Å²) in [6, 6.07) is 11.0. The molecular weight excluding hydrogens is 432 g/mol. The minimum absolute atomic E-state index is 0.0365. The molecular formula is C24H27ClN2O5. The van der Waals surface area contributed by atoms with Crippen molar-refractivity contribution in [2.75, 3.05) is 41.4 Å². The topological polar surface area (TPSA) is 79.3 Å². The highest BCUT2D eigenvalue weighted by molar-refractivity contribution is 6.46. The molecule has 1 aliphatic heterocycles. The Bertz CT molecular complexity index is 1030. The number of amides is 1. The van der Waals surface area contributed by atoms with E-state index in [1.807, 2.05) is 19.0 Å². The first-order valence-electron chi connectivity index (χ1n) is 10.2. The second-order valence-corrected chi connectivity index (χ2v) is 8.21. The van der Waals surface area contributed by atoms with Crippen LogP contribution in [0.1, 0.15) is 23.6 Å². The standard InChI is InChI=1S/C24H27ClN2O5/c1-26(2)12-5-13-27-21(15-6-9-17(25)10-7-15)20(23(29)24(27)30)22(28)16-8-11-18(31-3)19(14-16)32-4/h6-11,14,21,28H,5,12-13H2,1-4H3/b22-20-. The number of nitrogens with zero attached hydrogens (tertiary/aromatic N) is 2. The number of carbonyl (C=O) groups excluding carboxylic acids is 2. The Labute approximate surface area is 192 Å². The van der Waals surface area contributed by atoms with Gasteiger partial charge in [0, 0.05) is 17.1 Å². The fourth-order valence-corrected chi connectivity index (χ4v) is 3.92. The largest absolute Gasteiger partial charge is 0.507 e. The van der Waals surface area contributed by atoms with Crippen LogP contribution in [0.3, 0.4) is 0 Å². The van der Waals surface area contributed by atoms with Gasteiger partial charge in [-0.05, 0) is 63.0 Å². The first kappa shape index (κ1) is 23.6. The zero-order valence-corrected chi connectivity index (χ0v) is 19.3. The number of aliphatic hydroxyl groups excluding tert-OH is 1. The lowest BCUT2D eigenvalue weighted by Crippen LogP contribution is -2.32. The van der Waals surface area contributed by atoms with Gasteiger partial charge in [0.1, 0.15) is 5.76 Å². The monoisotopic (exact) mass is 458 g/mol. The second kappa shape index (κ2) is 10.1. The van der Waals surface area contributed by atoms with E-state index in [0.717, 1.165) is 6.54 Å². The predicted molar refractivity (Wildman–Crippen MR) is 123 cm³/mol. The van der Waals surface area contributed by atoms with Crippen LogP contribution in [-0.4, -0.2) is 68.0 Å². The van der Waals surface area contributed by atoms with Crippen LogP contribution in [0.5, 0.6) is 11.5 Å². The normalized spacial score (nSPS) is 17.8. The van der Waals surface area contributed by atoms with Gasteiger partial charge in [-0.15, -0.1) is 0 Å². The van der Waals surface area contributed by atoms with Gasteiger partial charge >= 0.3 is 0 Å². The predicted octanol–water partition coefficient (Wildman–Crippen LogP) is 3.73. The fraction of sp³-hybridized carbons (Fsp3) is 0.333. The van der Waals surface area contributed by atoms with Crippen molar-refractivity contribution in [2.24, 2.45) is 0 Å². The summed E-state index contributed by atoms with van der Waals surface area (Å²) >= 11 is 6.05. The molecule has 8 heteroatoms. The molecule has 2 aromatic carbocycles. The number of hydrogen-bond donors (Lipinski definition) is 1. The van der Waals surface area contributed by atoms with Crippen LogP contribution < -0.4 is 9.47 Å². The zero-order chi connectivity index (χ0) is 23.4. The zero-order valence-electron chi connectivity index (χ0n) is 18.6. The van der Waals surface area contributed by atoms with Crippen LogP contribution in [0, 0.1) is 0 Å². The molecule has 170 valence electrons. The molecule has 1 amide bonds. The van der Waals surface area contributed by atoms with Gasteiger partial charge < -0.3 is 24.4 Å². The molecule has 0 spiro atoms. The summed E-state index contributed by atoms with van der Waals surface area (Å²) < 4.78 is 10.6. The highest BCUT2D eigenvalue weighted by atomic mass is 35.5. The molecule has 1 atom stereocenters. The van der Waals surface area contributed by atoms with Crippen LogP contribution in [0.4, 0.5) is 0 Å². The lowest BCUT2D eigenvalue weighted by molar-refractivity contribution is -0.139. The van der Waals surface area contributed by atoms with E-state index in [0.29, 0.717) is 40.6 Å². The average molecular weight is 459 g/mol. The van der Waals surface area contributed by atoms with Gasteiger partial charge in [-0.3, -0.25) is 9.59 Å². The first-order valence-corrected chi connectivity index (χ1v) is 10.6. The Morgan fingerprint density at radius 1 is 1.06 bits per heavy atom. The summed E-state index contributed by atoms with van der Waals surface area (Å²) in [7, 11) is 6.89. The number of Topliss-reactive ketones (excluding diaryl/α,β-unsaturated/α-hetero) is 1. The SMILES string of the molecule is COc1ccc(/C(O)=C2/C(=O)C(=O)N(CCCN(C)C)C2c2ccc(Cl)cc2)cc1OC. The summed E-state index contributed by atoms with van der Waals surface area (Å²) in [4.78, 5) is 29.5. The van der Waals surface area contributed by atoms with Crippen molar-refractivity contribution < 1.29 is 24.2 Å². The summed E-state index contributed by atoms with van der Waals surface area (Å²) in [6.45, 7) is 1.13. The number of likely N-dealkylation sites (tertiary alicyclic amines) is 1. The molecule has 1 aliphatic rings. The molecule has 1 heterocycles. The molecule has 3 rings (SSSR count). The molecule has 0 aromatic heterocycles. The number of methoxy groups -OCH3 is 2. The minimum atomic E-state index is -0.720. The Kier molecular flexibility index (Phi) is 7.43. The quantitative estimate of drug-likeness (QED) is 0.369. The van der Waals surface area contributed by atoms with Gasteiger partial charge in [-0.1, -0.05) is 23.7 Å². The van der Waals surface area contributed by atoms with Crippen LogP contribution in [-0.2, 0) is 9.59 Å². The number of benzene rings is 2. The number of halogens is 1. The van der Waals surface area contributed by atoms with Crippen molar-refractivity contribution >= 4 is 29.1 Å². The summed E-state index contributed by atoms with van der Waals surface area (Å²) in [5, 5.41) is 11.7. The van der Waals surface area contributed by atoms with Crippen molar-refractivity contribution in [1.82, 2.24) is 9.80 Å². The van der Waals surface area contributed by atoms with Crippen LogP contribution >= 0.6 is 11.6 Å². The number of rotatable bonds is 8. The van der Waals surface area contributed by atoms with Crippen LogP contribution in [0.25, 0.3) is 5.76 Å². The first-order chi connectivity index (χ1) is 15.3. The molecule has 32 heavy (non-hydrogen) atoms. The number of ketones is 1. The maximum Gasteiger partial charge on any atom is 0.295 e. The van der Waals surface area contributed by atoms with E-state index >= 15 is 0 Å². The molecule has 1 saturated heterocycles. The molecule has 1 fully saturated rings. The number of aliphatic hydroxyl groups is 1. The Hall–Kier alpha value is -3.03. The van der Waals surface area contributed by atoms with E-state index in [9.17, 15) is 14.7 Å². The molecule has 0 aliphatic carbocycles. The maximum absolute atomic E-state index is 13.1. The summed E-state index contributed by atoms with van der Waals surface area (Å²) in [5.74, 6) is -0.727. The van der Waals surface area contributed by atoms with Crippen molar-refractivity contribution in [3.63, 3.8) is 0 Å². The van der Waals surface area contributed by atoms with E-state index in [1.54, 1.807) is 42.5 Å². The average Bonchev–Trinajstić information content (AvgIpc) is 3.03. The van der Waals surface area contributed by atoms with E-state index in [2.05, 4.69) is 0 Å². The van der Waals surface area contributed by atoms with Gasteiger partial charge in [-0.2, -0.15) is 0 Å². The van der Waals surface area contributed by atoms with E-state index in [-0.39, 0.29) is 11.3 Å². The highest BCUT2D eigenvalue weighted by Crippen LogP contribution is 2.41. The van der Waals surface area contributed by atoms with E-state index in [1.165, 1.54) is 19.1 Å². The Morgan fingerprint density at radius 3 is 2.31 bits per heavy atom. The van der Waals surface area contributed by atoms with Crippen LogP contribution in [0.15, 0.2) is 48.0 Å². The minimum Gasteiger partial charge on any atom is -0.507 e. The molecule has 1 N–H and O–H groups in total.